The zero-order valence-electron chi connectivity index (χ0n) is 12.8. The molecule has 1 amide bonds. The number of carbonyl (C=O) groups excluding carboxylic acids is 1. The van der Waals surface area contributed by atoms with Crippen molar-refractivity contribution in [2.24, 2.45) is 0 Å². The van der Waals surface area contributed by atoms with E-state index in [1.807, 2.05) is 10.3 Å². The van der Waals surface area contributed by atoms with E-state index in [2.05, 4.69) is 15.2 Å². The number of amides is 1. The van der Waals surface area contributed by atoms with Crippen LogP contribution in [0.1, 0.15) is 22.8 Å². The monoisotopic (exact) mass is 341 g/mol. The number of benzene rings is 1. The highest BCUT2D eigenvalue weighted by Crippen LogP contribution is 2.25. The molecule has 122 valence electrons. The summed E-state index contributed by atoms with van der Waals surface area (Å²) in [6.45, 7) is 1.34. The number of carbonyl (C=O) groups is 1. The van der Waals surface area contributed by atoms with Gasteiger partial charge in [0.1, 0.15) is 5.75 Å². The average molecular weight is 341 g/mol. The van der Waals surface area contributed by atoms with E-state index in [1.165, 1.54) is 11.3 Å². The predicted molar refractivity (Wildman–Crippen MR) is 88.2 cm³/mol. The Bertz CT molecular complexity index is 802. The van der Waals surface area contributed by atoms with Crippen LogP contribution in [0.4, 0.5) is 0 Å². The van der Waals surface area contributed by atoms with E-state index in [0.717, 1.165) is 6.42 Å². The van der Waals surface area contributed by atoms with Gasteiger partial charge in [0.2, 0.25) is 0 Å². The summed E-state index contributed by atoms with van der Waals surface area (Å²) in [5, 5.41) is 10.8. The lowest BCUT2D eigenvalue weighted by molar-refractivity contribution is 0.0786. The molecule has 0 bridgehead atoms. The van der Waals surface area contributed by atoms with E-state index >= 15 is 0 Å². The number of hydrogen-bond donors (Lipinski definition) is 0. The molecule has 1 fully saturated rings. The van der Waals surface area contributed by atoms with Crippen molar-refractivity contribution in [1.82, 2.24) is 24.9 Å². The summed E-state index contributed by atoms with van der Waals surface area (Å²) < 4.78 is 5.61. The fourth-order valence-electron chi connectivity index (χ4n) is 2.74. The molecule has 0 aliphatic carbocycles. The van der Waals surface area contributed by atoms with Crippen molar-refractivity contribution in [3.63, 3.8) is 0 Å². The van der Waals surface area contributed by atoms with Gasteiger partial charge >= 0.3 is 0 Å². The Labute approximate surface area is 142 Å². The summed E-state index contributed by atoms with van der Waals surface area (Å²) in [6, 6.07) is 7.29. The minimum atomic E-state index is 0.0189. The molecule has 1 atom stereocenters. The number of hydrogen-bond acceptors (Lipinski definition) is 6. The number of nitrogens with zero attached hydrogens (tertiary/aromatic N) is 5. The molecule has 0 N–H and O–H groups in total. The van der Waals surface area contributed by atoms with Gasteiger partial charge in [0.25, 0.3) is 11.1 Å². The van der Waals surface area contributed by atoms with Crippen molar-refractivity contribution in [3.05, 3.63) is 53.8 Å². The van der Waals surface area contributed by atoms with Crippen molar-refractivity contribution >= 4 is 17.2 Å². The van der Waals surface area contributed by atoms with Gasteiger partial charge in [-0.3, -0.25) is 4.79 Å². The lowest BCUT2D eigenvalue weighted by Crippen LogP contribution is -2.29. The van der Waals surface area contributed by atoms with E-state index in [4.69, 9.17) is 4.74 Å². The zero-order valence-corrected chi connectivity index (χ0v) is 13.6. The predicted octanol–water partition coefficient (Wildman–Crippen LogP) is 2.61. The Hall–Kier alpha value is -2.74. The molecule has 3 heterocycles. The van der Waals surface area contributed by atoms with Crippen LogP contribution in [0.3, 0.4) is 0 Å². The number of likely N-dealkylation sites (tertiary alicyclic amines) is 1. The first-order chi connectivity index (χ1) is 11.8. The Balaban J connectivity index is 1.41. The smallest absolute Gasteiger partial charge is 0.278 e. The maximum absolute atomic E-state index is 12.6. The third-order valence-corrected chi connectivity index (χ3v) is 4.58. The van der Waals surface area contributed by atoms with E-state index in [9.17, 15) is 4.79 Å². The van der Waals surface area contributed by atoms with Gasteiger partial charge in [0, 0.05) is 30.2 Å². The van der Waals surface area contributed by atoms with Crippen LogP contribution in [0.5, 0.6) is 10.9 Å². The first-order valence-electron chi connectivity index (χ1n) is 7.62. The van der Waals surface area contributed by atoms with Gasteiger partial charge in [-0.2, -0.15) is 15.0 Å². The summed E-state index contributed by atoms with van der Waals surface area (Å²) in [4.78, 5) is 20.2. The second-order valence-corrected chi connectivity index (χ2v) is 6.32. The van der Waals surface area contributed by atoms with Crippen LogP contribution >= 0.6 is 11.3 Å². The highest BCUT2D eigenvalue weighted by molar-refractivity contribution is 7.11. The van der Waals surface area contributed by atoms with Crippen molar-refractivity contribution in [3.8, 4) is 10.9 Å². The van der Waals surface area contributed by atoms with Crippen molar-refractivity contribution in [2.45, 2.75) is 12.5 Å². The van der Waals surface area contributed by atoms with E-state index < -0.39 is 0 Å². The Morgan fingerprint density at radius 3 is 2.67 bits per heavy atom. The fraction of sp³-hybridized carbons (Fsp3) is 0.250. The molecule has 8 heteroatoms. The number of ether oxygens (including phenoxy) is 1. The molecule has 0 spiro atoms. The van der Waals surface area contributed by atoms with Gasteiger partial charge in [-0.25, -0.2) is 4.98 Å². The van der Waals surface area contributed by atoms with Crippen LogP contribution in [0.25, 0.3) is 0 Å². The minimum absolute atomic E-state index is 0.0189. The van der Waals surface area contributed by atoms with Crippen molar-refractivity contribution in [2.75, 3.05) is 13.1 Å². The summed E-state index contributed by atoms with van der Waals surface area (Å²) in [5.74, 6) is 0.687. The van der Waals surface area contributed by atoms with Crippen LogP contribution in [-0.2, 0) is 0 Å². The third-order valence-electron chi connectivity index (χ3n) is 3.93. The molecular weight excluding hydrogens is 326 g/mol. The van der Waals surface area contributed by atoms with Crippen LogP contribution in [0, 0.1) is 0 Å². The maximum Gasteiger partial charge on any atom is 0.278 e. The molecule has 0 unspecified atom stereocenters. The van der Waals surface area contributed by atoms with Crippen LogP contribution < -0.4 is 4.74 Å². The minimum Gasteiger partial charge on any atom is -0.431 e. The third kappa shape index (κ3) is 3.00. The van der Waals surface area contributed by atoms with Gasteiger partial charge in [-0.05, 0) is 30.7 Å². The largest absolute Gasteiger partial charge is 0.431 e. The Morgan fingerprint density at radius 2 is 1.96 bits per heavy atom. The first kappa shape index (κ1) is 14.8. The lowest BCUT2D eigenvalue weighted by Gasteiger charge is -2.16. The van der Waals surface area contributed by atoms with Crippen LogP contribution in [-0.4, -0.2) is 43.9 Å². The average Bonchev–Trinajstić information content (AvgIpc) is 3.36. The summed E-state index contributed by atoms with van der Waals surface area (Å²) in [5.41, 5.74) is 0.649. The van der Waals surface area contributed by atoms with Gasteiger partial charge in [0.15, 0.2) is 0 Å². The van der Waals surface area contributed by atoms with E-state index in [0.29, 0.717) is 29.6 Å². The molecule has 1 saturated heterocycles. The van der Waals surface area contributed by atoms with E-state index in [1.54, 1.807) is 47.7 Å². The molecule has 24 heavy (non-hydrogen) atoms. The Kier molecular flexibility index (Phi) is 3.96. The lowest BCUT2D eigenvalue weighted by atomic mass is 10.2. The summed E-state index contributed by atoms with van der Waals surface area (Å²) >= 11 is 1.42. The number of thiazole rings is 1. The normalized spacial score (nSPS) is 17.2. The molecule has 3 aromatic rings. The quantitative estimate of drug-likeness (QED) is 0.729. The highest BCUT2D eigenvalue weighted by atomic mass is 32.1. The molecule has 0 radical (unpaired) electrons. The van der Waals surface area contributed by atoms with Crippen molar-refractivity contribution in [1.29, 1.82) is 0 Å². The molecule has 1 aliphatic heterocycles. The molecule has 0 saturated carbocycles. The zero-order chi connectivity index (χ0) is 16.4. The second-order valence-electron chi connectivity index (χ2n) is 5.47. The number of rotatable bonds is 4. The molecule has 7 nitrogen and oxygen atoms in total. The van der Waals surface area contributed by atoms with Gasteiger partial charge < -0.3 is 9.64 Å². The topological polar surface area (TPSA) is 73.1 Å². The summed E-state index contributed by atoms with van der Waals surface area (Å²) in [6.07, 6.45) is 5.87. The standard InChI is InChI=1S/C16H15N5O2S/c22-15(20-9-5-13(11-20)21-18-6-7-19-21)12-1-3-14(4-2-12)23-16-17-8-10-24-16/h1-4,6-8,10,13H,5,9,11H2/t13-/m0/s1. The summed E-state index contributed by atoms with van der Waals surface area (Å²) in [7, 11) is 0. The van der Waals surface area contributed by atoms with Gasteiger partial charge in [-0.1, -0.05) is 11.3 Å². The highest BCUT2D eigenvalue weighted by Gasteiger charge is 2.28. The molecule has 1 aromatic carbocycles. The van der Waals surface area contributed by atoms with E-state index in [-0.39, 0.29) is 11.9 Å². The van der Waals surface area contributed by atoms with Gasteiger partial charge in [0.05, 0.1) is 18.4 Å². The SMILES string of the molecule is O=C(c1ccc(Oc2nccs2)cc1)N1CC[C@H](n2nccn2)C1. The molecule has 2 aromatic heterocycles. The second kappa shape index (κ2) is 6.40. The Morgan fingerprint density at radius 1 is 1.17 bits per heavy atom. The van der Waals surface area contributed by atoms with Crippen molar-refractivity contribution < 1.29 is 9.53 Å². The fourth-order valence-corrected chi connectivity index (χ4v) is 3.24. The molecular formula is C16H15N5O2S. The molecule has 1 aliphatic rings. The molecule has 4 rings (SSSR count). The van der Waals surface area contributed by atoms with Crippen LogP contribution in [0.15, 0.2) is 48.2 Å². The van der Waals surface area contributed by atoms with Gasteiger partial charge in [-0.15, -0.1) is 0 Å². The van der Waals surface area contributed by atoms with Crippen LogP contribution in [0.2, 0.25) is 0 Å². The maximum atomic E-state index is 12.6. The number of aromatic nitrogens is 4. The first-order valence-corrected chi connectivity index (χ1v) is 8.50.